The van der Waals surface area contributed by atoms with Crippen molar-refractivity contribution in [2.45, 2.75) is 39.8 Å². The smallest absolute Gasteiger partial charge is 0.0457 e. The highest BCUT2D eigenvalue weighted by atomic mass is 14.9. The van der Waals surface area contributed by atoms with E-state index in [1.165, 1.54) is 22.9 Å². The van der Waals surface area contributed by atoms with Crippen molar-refractivity contribution in [1.29, 1.82) is 0 Å². The average Bonchev–Trinajstić information content (AvgIpc) is 2.82. The van der Waals surface area contributed by atoms with Gasteiger partial charge in [0.05, 0.1) is 0 Å². The molecule has 0 saturated carbocycles. The minimum Gasteiger partial charge on any atom is -0.361 e. The van der Waals surface area contributed by atoms with Gasteiger partial charge in [-0.25, -0.2) is 0 Å². The molecule has 0 spiro atoms. The molecule has 92 valence electrons. The van der Waals surface area contributed by atoms with E-state index >= 15 is 0 Å². The molecule has 0 radical (unpaired) electrons. The molecule has 17 heavy (non-hydrogen) atoms. The van der Waals surface area contributed by atoms with Crippen molar-refractivity contribution in [3.05, 3.63) is 36.0 Å². The third-order valence-corrected chi connectivity index (χ3v) is 3.75. The Labute approximate surface area is 103 Å². The lowest BCUT2D eigenvalue weighted by Gasteiger charge is -2.19. The van der Waals surface area contributed by atoms with Crippen LogP contribution in [0.4, 0.5) is 0 Å². The van der Waals surface area contributed by atoms with E-state index in [9.17, 15) is 0 Å². The molecule has 2 rings (SSSR count). The van der Waals surface area contributed by atoms with Crippen LogP contribution in [-0.4, -0.2) is 11.0 Å². The Kier molecular flexibility index (Phi) is 3.85. The van der Waals surface area contributed by atoms with Crippen molar-refractivity contribution >= 4 is 10.9 Å². The lowest BCUT2D eigenvalue weighted by atomic mass is 10.0. The Morgan fingerprint density at radius 3 is 2.82 bits per heavy atom. The summed E-state index contributed by atoms with van der Waals surface area (Å²) in [5.74, 6) is 0.726. The summed E-state index contributed by atoms with van der Waals surface area (Å²) in [7, 11) is 0. The summed E-state index contributed by atoms with van der Waals surface area (Å²) in [5.41, 5.74) is 2.57. The first-order valence-corrected chi connectivity index (χ1v) is 6.50. The van der Waals surface area contributed by atoms with E-state index < -0.39 is 0 Å². The standard InChI is InChI=1S/C15H22N2/c1-4-11(2)12(3)17-10-13-5-6-14-7-8-16-15(14)9-13/h5-9,11-12,16-17H,4,10H2,1-3H3. The van der Waals surface area contributed by atoms with Gasteiger partial charge in [-0.1, -0.05) is 32.4 Å². The summed E-state index contributed by atoms with van der Waals surface area (Å²) in [4.78, 5) is 3.25. The Balaban J connectivity index is 1.98. The molecule has 2 aromatic rings. The number of fused-ring (bicyclic) bond motifs is 1. The van der Waals surface area contributed by atoms with Gasteiger partial charge >= 0.3 is 0 Å². The zero-order valence-electron chi connectivity index (χ0n) is 11.0. The molecular formula is C15H22N2. The molecule has 0 saturated heterocycles. The molecule has 0 aliphatic heterocycles. The number of aromatic amines is 1. The highest BCUT2D eigenvalue weighted by molar-refractivity contribution is 5.79. The maximum Gasteiger partial charge on any atom is 0.0457 e. The predicted molar refractivity (Wildman–Crippen MR) is 74.1 cm³/mol. The second kappa shape index (κ2) is 5.37. The molecule has 2 unspecified atom stereocenters. The van der Waals surface area contributed by atoms with E-state index in [-0.39, 0.29) is 0 Å². The predicted octanol–water partition coefficient (Wildman–Crippen LogP) is 3.69. The molecule has 0 amide bonds. The van der Waals surface area contributed by atoms with Gasteiger partial charge in [0, 0.05) is 24.3 Å². The summed E-state index contributed by atoms with van der Waals surface area (Å²) in [6, 6.07) is 9.28. The van der Waals surface area contributed by atoms with Crippen LogP contribution in [0.25, 0.3) is 10.9 Å². The molecule has 1 aromatic heterocycles. The molecule has 0 bridgehead atoms. The second-order valence-corrected chi connectivity index (χ2v) is 4.95. The van der Waals surface area contributed by atoms with Crippen LogP contribution in [0.2, 0.25) is 0 Å². The Hall–Kier alpha value is -1.28. The van der Waals surface area contributed by atoms with Crippen molar-refractivity contribution in [1.82, 2.24) is 10.3 Å². The largest absolute Gasteiger partial charge is 0.361 e. The molecule has 2 atom stereocenters. The van der Waals surface area contributed by atoms with Gasteiger partial charge in [0.15, 0.2) is 0 Å². The van der Waals surface area contributed by atoms with Crippen molar-refractivity contribution in [3.8, 4) is 0 Å². The van der Waals surface area contributed by atoms with Gasteiger partial charge < -0.3 is 10.3 Å². The topological polar surface area (TPSA) is 27.8 Å². The fraction of sp³-hybridized carbons (Fsp3) is 0.467. The lowest BCUT2D eigenvalue weighted by molar-refractivity contribution is 0.389. The fourth-order valence-corrected chi connectivity index (χ4v) is 2.04. The molecule has 0 aliphatic rings. The summed E-state index contributed by atoms with van der Waals surface area (Å²) < 4.78 is 0. The Bertz CT molecular complexity index is 472. The maximum atomic E-state index is 3.59. The Morgan fingerprint density at radius 2 is 2.06 bits per heavy atom. The van der Waals surface area contributed by atoms with Crippen LogP contribution in [0.1, 0.15) is 32.8 Å². The molecule has 2 N–H and O–H groups in total. The fourth-order valence-electron chi connectivity index (χ4n) is 2.04. The first-order valence-electron chi connectivity index (χ1n) is 6.50. The van der Waals surface area contributed by atoms with E-state index in [1.807, 2.05) is 6.20 Å². The number of benzene rings is 1. The first-order chi connectivity index (χ1) is 8.20. The summed E-state index contributed by atoms with van der Waals surface area (Å²) >= 11 is 0. The van der Waals surface area contributed by atoms with Gasteiger partial charge in [0.1, 0.15) is 0 Å². The van der Waals surface area contributed by atoms with Crippen molar-refractivity contribution in [3.63, 3.8) is 0 Å². The first kappa shape index (κ1) is 12.2. The lowest BCUT2D eigenvalue weighted by Crippen LogP contribution is -2.31. The SMILES string of the molecule is CCC(C)C(C)NCc1ccc2cc[nH]c2c1. The monoisotopic (exact) mass is 230 g/mol. The molecule has 0 aliphatic carbocycles. The van der Waals surface area contributed by atoms with Crippen LogP contribution in [-0.2, 0) is 6.54 Å². The van der Waals surface area contributed by atoms with E-state index in [0.29, 0.717) is 6.04 Å². The van der Waals surface area contributed by atoms with Crippen LogP contribution in [0.15, 0.2) is 30.5 Å². The van der Waals surface area contributed by atoms with E-state index in [2.05, 4.69) is 55.3 Å². The third-order valence-electron chi connectivity index (χ3n) is 3.75. The number of rotatable bonds is 5. The summed E-state index contributed by atoms with van der Waals surface area (Å²) in [5, 5.41) is 4.87. The minimum atomic E-state index is 0.569. The molecule has 1 aromatic carbocycles. The van der Waals surface area contributed by atoms with E-state index in [0.717, 1.165) is 12.5 Å². The number of aromatic nitrogens is 1. The van der Waals surface area contributed by atoms with Crippen molar-refractivity contribution in [2.75, 3.05) is 0 Å². The molecule has 2 nitrogen and oxygen atoms in total. The van der Waals surface area contributed by atoms with Gasteiger partial charge in [-0.15, -0.1) is 0 Å². The molecule has 2 heteroatoms. The van der Waals surface area contributed by atoms with Crippen molar-refractivity contribution in [2.24, 2.45) is 5.92 Å². The highest BCUT2D eigenvalue weighted by Gasteiger charge is 2.09. The molecular weight excluding hydrogens is 208 g/mol. The van der Waals surface area contributed by atoms with E-state index in [1.54, 1.807) is 0 Å². The molecule has 1 heterocycles. The Morgan fingerprint density at radius 1 is 1.24 bits per heavy atom. The second-order valence-electron chi connectivity index (χ2n) is 4.95. The van der Waals surface area contributed by atoms with Crippen LogP contribution in [0.5, 0.6) is 0 Å². The van der Waals surface area contributed by atoms with Crippen molar-refractivity contribution < 1.29 is 0 Å². The highest BCUT2D eigenvalue weighted by Crippen LogP contribution is 2.14. The number of hydrogen-bond acceptors (Lipinski definition) is 1. The zero-order valence-corrected chi connectivity index (χ0v) is 11.0. The number of H-pyrrole nitrogens is 1. The summed E-state index contributed by atoms with van der Waals surface area (Å²) in [6.45, 7) is 7.75. The number of hydrogen-bond donors (Lipinski definition) is 2. The third kappa shape index (κ3) is 2.89. The van der Waals surface area contributed by atoms with Gasteiger partial charge in [-0.05, 0) is 35.9 Å². The van der Waals surface area contributed by atoms with Crippen LogP contribution < -0.4 is 5.32 Å². The zero-order chi connectivity index (χ0) is 12.3. The quantitative estimate of drug-likeness (QED) is 0.805. The van der Waals surface area contributed by atoms with E-state index in [4.69, 9.17) is 0 Å². The molecule has 0 fully saturated rings. The van der Waals surface area contributed by atoms with Gasteiger partial charge in [0.25, 0.3) is 0 Å². The van der Waals surface area contributed by atoms with Crippen LogP contribution >= 0.6 is 0 Å². The maximum absolute atomic E-state index is 3.59. The summed E-state index contributed by atoms with van der Waals surface area (Å²) in [6.07, 6.45) is 3.22. The average molecular weight is 230 g/mol. The normalized spacial score (nSPS) is 15.0. The van der Waals surface area contributed by atoms with Crippen LogP contribution in [0, 0.1) is 5.92 Å². The minimum absolute atomic E-state index is 0.569. The van der Waals surface area contributed by atoms with Gasteiger partial charge in [-0.2, -0.15) is 0 Å². The van der Waals surface area contributed by atoms with Gasteiger partial charge in [-0.3, -0.25) is 0 Å². The number of nitrogens with one attached hydrogen (secondary N) is 2. The van der Waals surface area contributed by atoms with Gasteiger partial charge in [0.2, 0.25) is 0 Å². The van der Waals surface area contributed by atoms with Crippen LogP contribution in [0.3, 0.4) is 0 Å².